The van der Waals surface area contributed by atoms with Crippen LogP contribution in [0.4, 0.5) is 5.69 Å². The van der Waals surface area contributed by atoms with Gasteiger partial charge in [0.1, 0.15) is 0 Å². The van der Waals surface area contributed by atoms with Gasteiger partial charge in [-0.15, -0.1) is 0 Å². The van der Waals surface area contributed by atoms with Gasteiger partial charge < -0.3 is 10.1 Å². The monoisotopic (exact) mass is 340 g/mol. The van der Waals surface area contributed by atoms with E-state index < -0.39 is 0 Å². The van der Waals surface area contributed by atoms with Gasteiger partial charge in [-0.3, -0.25) is 0 Å². The van der Waals surface area contributed by atoms with Gasteiger partial charge in [0.15, 0.2) is 0 Å². The summed E-state index contributed by atoms with van der Waals surface area (Å²) in [5, 5.41) is 8.32. The molecule has 1 aromatic rings. The van der Waals surface area contributed by atoms with Gasteiger partial charge in [-0.1, -0.05) is 17.7 Å². The zero-order chi connectivity index (χ0) is 10.7. The normalized spacial score (nSPS) is 10.0. The summed E-state index contributed by atoms with van der Waals surface area (Å²) in [7, 11) is 1.47. The van der Waals surface area contributed by atoms with E-state index in [4.69, 9.17) is 17.0 Å². The van der Waals surface area contributed by atoms with E-state index in [-0.39, 0.29) is 0 Å². The number of anilines is 1. The third kappa shape index (κ3) is 2.55. The van der Waals surface area contributed by atoms with Crippen molar-refractivity contribution in [3.8, 4) is 0 Å². The molecule has 1 aromatic carbocycles. The molecule has 0 fully saturated rings. The van der Waals surface area contributed by atoms with Crippen LogP contribution in [0.3, 0.4) is 0 Å². The first kappa shape index (κ1) is 12.1. The Morgan fingerprint density at radius 3 is 2.71 bits per heavy atom. The van der Waals surface area contributed by atoms with Gasteiger partial charge in [-0.05, 0) is 25.5 Å². The van der Waals surface area contributed by atoms with Crippen molar-refractivity contribution in [1.29, 1.82) is 5.41 Å². The number of hydrogen-bond acceptors (Lipinski definition) is 3. The molecule has 0 saturated carbocycles. The summed E-state index contributed by atoms with van der Waals surface area (Å²) in [6.07, 6.45) is 0. The molecule has 0 amide bonds. The maximum absolute atomic E-state index is 7.66. The summed E-state index contributed by atoms with van der Waals surface area (Å²) in [5.41, 5.74) is 3.16. The van der Waals surface area contributed by atoms with Crippen LogP contribution in [0.2, 0.25) is 5.02 Å². The molecule has 1 rings (SSSR count). The predicted molar refractivity (Wildman–Crippen MR) is 73.9 cm³/mol. The second kappa shape index (κ2) is 5.23. The molecular formula is C9H10ClIN2S. The van der Waals surface area contributed by atoms with Crippen molar-refractivity contribution in [2.75, 3.05) is 4.72 Å². The number of nitrogens with one attached hydrogen (secondary N) is 2. The summed E-state index contributed by atoms with van der Waals surface area (Å²) in [6.45, 7) is 3.68. The van der Waals surface area contributed by atoms with Gasteiger partial charge in [0.25, 0.3) is 0 Å². The molecule has 0 heterocycles. The number of rotatable bonds is 3. The molecule has 0 unspecified atom stereocenters. The Morgan fingerprint density at radius 2 is 2.21 bits per heavy atom. The van der Waals surface area contributed by atoms with E-state index in [0.717, 1.165) is 16.8 Å². The lowest BCUT2D eigenvalue weighted by atomic mass is 10.1. The minimum absolute atomic E-state index is 0.478. The smallest absolute Gasteiger partial charge is 0.0552 e. The molecule has 0 spiro atoms. The molecule has 14 heavy (non-hydrogen) atoms. The van der Waals surface area contributed by atoms with E-state index in [9.17, 15) is 0 Å². The molecule has 0 atom stereocenters. The van der Waals surface area contributed by atoms with Crippen molar-refractivity contribution in [2.45, 2.75) is 13.8 Å². The van der Waals surface area contributed by atoms with Crippen LogP contribution >= 0.6 is 41.9 Å². The molecule has 0 radical (unpaired) electrons. The fraction of sp³-hybridized carbons (Fsp3) is 0.222. The van der Waals surface area contributed by atoms with Gasteiger partial charge in [0.05, 0.1) is 10.7 Å². The summed E-state index contributed by atoms with van der Waals surface area (Å²) in [6, 6.07) is 3.89. The average Bonchev–Trinajstić information content (AvgIpc) is 2.11. The first-order chi connectivity index (χ1) is 6.57. The standard InChI is InChI=1S/C9H10ClIN2S/c1-5-3-4-7(13-14-11)8(6(2)12)9(5)10/h3-4,12-13H,1-2H3. The van der Waals surface area contributed by atoms with E-state index in [2.05, 4.69) is 25.9 Å². The molecule has 0 saturated heterocycles. The average molecular weight is 341 g/mol. The Bertz CT molecular complexity index is 368. The van der Waals surface area contributed by atoms with Crippen molar-refractivity contribution < 1.29 is 0 Å². The molecule has 2 N–H and O–H groups in total. The number of benzene rings is 1. The highest BCUT2D eigenvalue weighted by atomic mass is 127. The molecule has 0 aliphatic carbocycles. The second-order valence-electron chi connectivity index (χ2n) is 2.92. The van der Waals surface area contributed by atoms with Crippen LogP contribution < -0.4 is 4.72 Å². The van der Waals surface area contributed by atoms with Gasteiger partial charge in [0, 0.05) is 41.6 Å². The summed E-state index contributed by atoms with van der Waals surface area (Å²) in [4.78, 5) is 0. The van der Waals surface area contributed by atoms with Crippen LogP contribution in [-0.2, 0) is 0 Å². The van der Waals surface area contributed by atoms with Crippen LogP contribution in [0.5, 0.6) is 0 Å². The van der Waals surface area contributed by atoms with Crippen molar-refractivity contribution in [3.05, 3.63) is 28.3 Å². The van der Waals surface area contributed by atoms with E-state index >= 15 is 0 Å². The van der Waals surface area contributed by atoms with E-state index in [1.165, 1.54) is 9.12 Å². The fourth-order valence-electron chi connectivity index (χ4n) is 1.17. The van der Waals surface area contributed by atoms with Gasteiger partial charge in [0.2, 0.25) is 0 Å². The second-order valence-corrected chi connectivity index (χ2v) is 4.98. The Kier molecular flexibility index (Phi) is 4.53. The molecule has 76 valence electrons. The van der Waals surface area contributed by atoms with Crippen molar-refractivity contribution in [3.63, 3.8) is 0 Å². The zero-order valence-corrected chi connectivity index (χ0v) is 11.5. The molecule has 0 aliphatic heterocycles. The SMILES string of the molecule is CC(=N)c1c(NSI)ccc(C)c1Cl. The maximum Gasteiger partial charge on any atom is 0.0552 e. The van der Waals surface area contributed by atoms with E-state index in [1.54, 1.807) is 6.92 Å². The molecule has 0 aliphatic rings. The fourth-order valence-corrected chi connectivity index (χ4v) is 2.44. The van der Waals surface area contributed by atoms with Gasteiger partial charge in [-0.25, -0.2) is 0 Å². The highest BCUT2D eigenvalue weighted by molar-refractivity contribution is 14.2. The number of halogens is 2. The Balaban J connectivity index is 3.30. The highest BCUT2D eigenvalue weighted by Gasteiger charge is 2.11. The van der Waals surface area contributed by atoms with Crippen LogP contribution in [0.15, 0.2) is 12.1 Å². The summed E-state index contributed by atoms with van der Waals surface area (Å²) >= 11 is 8.28. The predicted octanol–water partition coefficient (Wildman–Crippen LogP) is 4.45. The third-order valence-electron chi connectivity index (χ3n) is 1.86. The first-order valence-corrected chi connectivity index (χ1v) is 7.70. The summed E-state index contributed by atoms with van der Waals surface area (Å²) < 4.78 is 3.10. The van der Waals surface area contributed by atoms with E-state index in [1.807, 2.05) is 19.1 Å². The summed E-state index contributed by atoms with van der Waals surface area (Å²) in [5.74, 6) is 0. The minimum atomic E-state index is 0.478. The maximum atomic E-state index is 7.66. The van der Waals surface area contributed by atoms with Gasteiger partial charge >= 0.3 is 0 Å². The van der Waals surface area contributed by atoms with Crippen molar-refractivity contribution >= 4 is 53.3 Å². The van der Waals surface area contributed by atoms with Crippen LogP contribution in [0.25, 0.3) is 0 Å². The van der Waals surface area contributed by atoms with Crippen LogP contribution in [0, 0.1) is 12.3 Å². The zero-order valence-electron chi connectivity index (χ0n) is 7.82. The first-order valence-electron chi connectivity index (χ1n) is 3.96. The molecule has 5 heteroatoms. The lowest BCUT2D eigenvalue weighted by Gasteiger charge is -2.11. The lowest BCUT2D eigenvalue weighted by molar-refractivity contribution is 1.41. The van der Waals surface area contributed by atoms with Crippen molar-refractivity contribution in [1.82, 2.24) is 0 Å². The number of aryl methyl sites for hydroxylation is 1. The minimum Gasteiger partial charge on any atom is -0.320 e. The topological polar surface area (TPSA) is 35.9 Å². The quantitative estimate of drug-likeness (QED) is 0.484. The third-order valence-corrected chi connectivity index (χ3v) is 3.30. The Labute approximate surface area is 105 Å². The van der Waals surface area contributed by atoms with E-state index in [0.29, 0.717) is 10.7 Å². The molecule has 0 bridgehead atoms. The Hall–Kier alpha value is 0.0600. The largest absolute Gasteiger partial charge is 0.320 e. The van der Waals surface area contributed by atoms with Crippen LogP contribution in [0.1, 0.15) is 18.1 Å². The van der Waals surface area contributed by atoms with Crippen LogP contribution in [-0.4, -0.2) is 5.71 Å². The molecule has 0 aromatic heterocycles. The molecule has 2 nitrogen and oxygen atoms in total. The lowest BCUT2D eigenvalue weighted by Crippen LogP contribution is -2.00. The van der Waals surface area contributed by atoms with Gasteiger partial charge in [-0.2, -0.15) is 0 Å². The Morgan fingerprint density at radius 1 is 1.57 bits per heavy atom. The highest BCUT2D eigenvalue weighted by Crippen LogP contribution is 2.30. The number of hydrogen-bond donors (Lipinski definition) is 2. The van der Waals surface area contributed by atoms with Crippen molar-refractivity contribution in [2.24, 2.45) is 0 Å². The molecular weight excluding hydrogens is 331 g/mol.